The van der Waals surface area contributed by atoms with Crippen LogP contribution in [0.5, 0.6) is 0 Å². The van der Waals surface area contributed by atoms with Crippen LogP contribution in [0, 0.1) is 0 Å². The molecule has 3 heterocycles. The fourth-order valence-electron chi connectivity index (χ4n) is 3.60. The van der Waals surface area contributed by atoms with Gasteiger partial charge in [-0.1, -0.05) is 6.07 Å². The smallest absolute Gasteiger partial charge is 0.238 e. The van der Waals surface area contributed by atoms with Gasteiger partial charge >= 0.3 is 0 Å². The summed E-state index contributed by atoms with van der Waals surface area (Å²) in [5.41, 5.74) is 2.36. The number of benzene rings is 1. The third-order valence-electron chi connectivity index (χ3n) is 4.84. The minimum atomic E-state index is 0.0245. The van der Waals surface area contributed by atoms with E-state index in [1.807, 2.05) is 18.2 Å². The predicted octanol–water partition coefficient (Wildman–Crippen LogP) is 1.33. The quantitative estimate of drug-likeness (QED) is 0.876. The zero-order valence-corrected chi connectivity index (χ0v) is 14.4. The first-order valence-electron chi connectivity index (χ1n) is 8.48. The molecule has 3 aliphatic heterocycles. The van der Waals surface area contributed by atoms with Crippen LogP contribution < -0.4 is 10.6 Å². The molecule has 1 unspecified atom stereocenters. The van der Waals surface area contributed by atoms with Gasteiger partial charge in [0.15, 0.2) is 0 Å². The highest BCUT2D eigenvalue weighted by molar-refractivity contribution is 7.58. The average molecular weight is 346 g/mol. The second-order valence-electron chi connectivity index (χ2n) is 6.45. The monoisotopic (exact) mass is 346 g/mol. The predicted molar refractivity (Wildman–Crippen MR) is 95.9 cm³/mol. The molecule has 0 radical (unpaired) electrons. The van der Waals surface area contributed by atoms with Crippen molar-refractivity contribution in [1.29, 1.82) is 0 Å². The number of nitrogens with one attached hydrogen (secondary N) is 2. The highest BCUT2D eigenvalue weighted by Gasteiger charge is 2.29. The largest absolute Gasteiger partial charge is 0.323 e. The summed E-state index contributed by atoms with van der Waals surface area (Å²) in [6.07, 6.45) is 1.15. The molecule has 128 valence electrons. The molecule has 24 heavy (non-hydrogen) atoms. The van der Waals surface area contributed by atoms with Gasteiger partial charge in [0.1, 0.15) is 11.4 Å². The van der Waals surface area contributed by atoms with Crippen molar-refractivity contribution in [3.05, 3.63) is 18.2 Å². The zero-order chi connectivity index (χ0) is 16.4. The summed E-state index contributed by atoms with van der Waals surface area (Å²) in [4.78, 5) is 17.2. The molecule has 0 aliphatic carbocycles. The molecule has 1 aromatic carbocycles. The van der Waals surface area contributed by atoms with Crippen LogP contribution in [0.15, 0.2) is 26.9 Å². The molecule has 2 N–H and O–H groups in total. The molecule has 7 nitrogen and oxygen atoms in total. The van der Waals surface area contributed by atoms with E-state index in [9.17, 15) is 4.79 Å². The molecule has 0 aromatic heterocycles. The van der Waals surface area contributed by atoms with Gasteiger partial charge in [-0.05, 0) is 18.6 Å². The Morgan fingerprint density at radius 3 is 3.04 bits per heavy atom. The minimum absolute atomic E-state index is 0.0245. The van der Waals surface area contributed by atoms with Gasteiger partial charge < -0.3 is 10.6 Å². The van der Waals surface area contributed by atoms with Crippen LogP contribution in [0.3, 0.4) is 0 Å². The number of amides is 1. The molecule has 4 rings (SSSR count). The van der Waals surface area contributed by atoms with E-state index in [1.165, 1.54) is 11.4 Å². The van der Waals surface area contributed by atoms with Crippen molar-refractivity contribution in [2.45, 2.75) is 12.5 Å². The Hall–Kier alpha value is -1.61. The summed E-state index contributed by atoms with van der Waals surface area (Å²) in [5, 5.41) is 6.38. The van der Waals surface area contributed by atoms with Gasteiger partial charge in [-0.2, -0.15) is 8.73 Å². The van der Waals surface area contributed by atoms with Gasteiger partial charge in [0.05, 0.1) is 23.6 Å². The number of nitrogens with zero attached hydrogens (tertiary/aromatic N) is 4. The van der Waals surface area contributed by atoms with Crippen LogP contribution in [-0.2, 0) is 16.1 Å². The average Bonchev–Trinajstić information content (AvgIpc) is 3.25. The van der Waals surface area contributed by atoms with E-state index in [0.717, 1.165) is 62.8 Å². The third kappa shape index (κ3) is 3.41. The Morgan fingerprint density at radius 2 is 2.17 bits per heavy atom. The molecule has 1 aromatic rings. The van der Waals surface area contributed by atoms with Gasteiger partial charge in [0, 0.05) is 45.3 Å². The molecule has 1 amide bonds. The normalized spacial score (nSPS) is 23.9. The number of piperazine rings is 1. The van der Waals surface area contributed by atoms with Gasteiger partial charge in [0.2, 0.25) is 5.91 Å². The van der Waals surface area contributed by atoms with E-state index < -0.39 is 0 Å². The van der Waals surface area contributed by atoms with E-state index in [2.05, 4.69) is 29.2 Å². The Morgan fingerprint density at radius 1 is 1.29 bits per heavy atom. The number of carbonyl (C=O) groups excluding carboxylic acids is 1. The molecule has 3 aliphatic rings. The minimum Gasteiger partial charge on any atom is -0.323 e. The molecule has 0 bridgehead atoms. The number of carbonyl (C=O) groups is 1. The number of hydrogen-bond acceptors (Lipinski definition) is 6. The lowest BCUT2D eigenvalue weighted by atomic mass is 10.2. The van der Waals surface area contributed by atoms with Crippen molar-refractivity contribution in [3.63, 3.8) is 0 Å². The number of rotatable bonds is 4. The molecule has 0 spiro atoms. The highest BCUT2D eigenvalue weighted by Crippen LogP contribution is 2.38. The summed E-state index contributed by atoms with van der Waals surface area (Å²) >= 11 is 1.17. The highest BCUT2D eigenvalue weighted by atomic mass is 32.1. The molecule has 0 saturated carbocycles. The lowest BCUT2D eigenvalue weighted by Gasteiger charge is -2.32. The van der Waals surface area contributed by atoms with Crippen molar-refractivity contribution < 1.29 is 4.79 Å². The van der Waals surface area contributed by atoms with Crippen LogP contribution >= 0.6 is 0 Å². The number of likely N-dealkylation sites (tertiary alicyclic amines) is 1. The number of anilines is 1. The Kier molecular flexibility index (Phi) is 4.70. The summed E-state index contributed by atoms with van der Waals surface area (Å²) in [7, 11) is 0. The molecular formula is C16H22N6OS. The fourth-order valence-corrected chi connectivity index (χ4v) is 4.15. The van der Waals surface area contributed by atoms with E-state index in [1.54, 1.807) is 0 Å². The maximum atomic E-state index is 12.4. The van der Waals surface area contributed by atoms with Gasteiger partial charge in [-0.3, -0.25) is 14.6 Å². The van der Waals surface area contributed by atoms with Crippen LogP contribution in [0.1, 0.15) is 6.42 Å². The Labute approximate surface area is 145 Å². The summed E-state index contributed by atoms with van der Waals surface area (Å²) in [6, 6.07) is 6.28. The Bertz CT molecular complexity index is 696. The Balaban J connectivity index is 1.31. The van der Waals surface area contributed by atoms with Gasteiger partial charge in [0.25, 0.3) is 0 Å². The lowest BCUT2D eigenvalue weighted by molar-refractivity contribution is -0.117. The van der Waals surface area contributed by atoms with Crippen molar-refractivity contribution in [2.24, 2.45) is 8.73 Å². The topological polar surface area (TPSA) is 72.3 Å². The standard InChI is InChI=1S/C16H22N6OS/c23-15(18-13-2-1-3-14-16(13)20-24-19-14)11-21-7-4-12(10-21)22-8-5-17-6-9-22/h1-3,12,17H,4-11H2,(H,18,23). The molecular weight excluding hydrogens is 324 g/mol. The first-order valence-corrected chi connectivity index (χ1v) is 9.21. The first-order chi connectivity index (χ1) is 11.8. The molecule has 1 atom stereocenters. The van der Waals surface area contributed by atoms with Crippen molar-refractivity contribution in [1.82, 2.24) is 15.1 Å². The number of hydrogen-bond donors (Lipinski definition) is 2. The maximum absolute atomic E-state index is 12.4. The first kappa shape index (κ1) is 15.9. The zero-order valence-electron chi connectivity index (χ0n) is 13.6. The van der Waals surface area contributed by atoms with E-state index in [-0.39, 0.29) is 5.91 Å². The van der Waals surface area contributed by atoms with E-state index >= 15 is 0 Å². The van der Waals surface area contributed by atoms with Crippen LogP contribution in [0.4, 0.5) is 17.1 Å². The van der Waals surface area contributed by atoms with Crippen molar-refractivity contribution in [3.8, 4) is 0 Å². The van der Waals surface area contributed by atoms with E-state index in [4.69, 9.17) is 0 Å². The SMILES string of the molecule is O=C(CN1CCC(N2CCNCC2)C1)Nc1cccc2c1N=S=N2. The number of fused-ring (bicyclic) bond motifs is 1. The van der Waals surface area contributed by atoms with E-state index in [0.29, 0.717) is 12.6 Å². The third-order valence-corrected chi connectivity index (χ3v) is 5.39. The second kappa shape index (κ2) is 7.10. The van der Waals surface area contributed by atoms with Gasteiger partial charge in [-0.25, -0.2) is 0 Å². The summed E-state index contributed by atoms with van der Waals surface area (Å²) < 4.78 is 8.48. The maximum Gasteiger partial charge on any atom is 0.238 e. The summed E-state index contributed by atoms with van der Waals surface area (Å²) in [6.45, 7) is 6.79. The summed E-state index contributed by atoms with van der Waals surface area (Å²) in [5.74, 6) is 0.0245. The van der Waals surface area contributed by atoms with Crippen molar-refractivity contribution >= 4 is 34.3 Å². The molecule has 8 heteroatoms. The fraction of sp³-hybridized carbons (Fsp3) is 0.562. The molecule has 2 saturated heterocycles. The molecule has 2 fully saturated rings. The van der Waals surface area contributed by atoms with Crippen LogP contribution in [-0.4, -0.2) is 67.6 Å². The lowest BCUT2D eigenvalue weighted by Crippen LogP contribution is -2.49. The van der Waals surface area contributed by atoms with Gasteiger partial charge in [-0.15, -0.1) is 0 Å². The van der Waals surface area contributed by atoms with Crippen LogP contribution in [0.2, 0.25) is 0 Å². The van der Waals surface area contributed by atoms with Crippen molar-refractivity contribution in [2.75, 3.05) is 51.1 Å². The van der Waals surface area contributed by atoms with Crippen LogP contribution in [0.25, 0.3) is 0 Å². The second-order valence-corrected chi connectivity index (χ2v) is 6.98.